The van der Waals surface area contributed by atoms with E-state index in [2.05, 4.69) is 4.98 Å². The highest BCUT2D eigenvalue weighted by atomic mass is 32.2. The lowest BCUT2D eigenvalue weighted by atomic mass is 10.5. The van der Waals surface area contributed by atoms with Crippen molar-refractivity contribution in [3.63, 3.8) is 0 Å². The van der Waals surface area contributed by atoms with E-state index in [4.69, 9.17) is 4.55 Å². The number of hydrogen-bond donors (Lipinski definition) is 2. The summed E-state index contributed by atoms with van der Waals surface area (Å²) in [5.41, 5.74) is -0.431. The molecule has 1 unspecified atom stereocenters. The molecule has 5 heteroatoms. The molecule has 0 aromatic carbocycles. The Bertz CT molecular complexity index is 306. The fourth-order valence-electron chi connectivity index (χ4n) is 0.537. The first-order chi connectivity index (χ1) is 4.72. The monoisotopic (exact) mass is 159 g/mol. The highest BCUT2D eigenvalue weighted by molar-refractivity contribution is 7.79. The lowest BCUT2D eigenvalue weighted by Crippen LogP contribution is -2.07. The molecule has 0 aliphatic carbocycles. The molecule has 0 spiro atoms. The molecule has 2 N–H and O–H groups in total. The third-order valence-electron chi connectivity index (χ3n) is 0.976. The molecule has 1 aromatic heterocycles. The molecule has 0 saturated carbocycles. The van der Waals surface area contributed by atoms with Gasteiger partial charge in [-0.1, -0.05) is 0 Å². The standard InChI is InChI=1S/C5H5NO3S/c7-4-1-2-6-3-5(4)10(8)9/h1-3H,(H,6,7)(H,8,9). The highest BCUT2D eigenvalue weighted by Gasteiger charge is 2.01. The van der Waals surface area contributed by atoms with Crippen LogP contribution in [0.25, 0.3) is 0 Å². The summed E-state index contributed by atoms with van der Waals surface area (Å²) < 4.78 is 18.8. The van der Waals surface area contributed by atoms with Gasteiger partial charge in [-0.2, -0.15) is 0 Å². The van der Waals surface area contributed by atoms with Crippen molar-refractivity contribution in [3.05, 3.63) is 28.7 Å². The molecule has 1 rings (SSSR count). The highest BCUT2D eigenvalue weighted by Crippen LogP contribution is 1.91. The summed E-state index contributed by atoms with van der Waals surface area (Å²) in [6.07, 6.45) is 2.61. The second-order valence-electron chi connectivity index (χ2n) is 1.62. The van der Waals surface area contributed by atoms with Gasteiger partial charge >= 0.3 is 0 Å². The summed E-state index contributed by atoms with van der Waals surface area (Å²) in [5.74, 6) is 0. The van der Waals surface area contributed by atoms with Gasteiger partial charge < -0.3 is 9.54 Å². The Morgan fingerprint density at radius 1 is 1.60 bits per heavy atom. The topological polar surface area (TPSA) is 70.2 Å². The molecule has 0 radical (unpaired) electrons. The maximum absolute atomic E-state index is 10.7. The molecule has 54 valence electrons. The Balaban J connectivity index is 3.29. The van der Waals surface area contributed by atoms with Gasteiger partial charge in [0.15, 0.2) is 16.5 Å². The normalized spacial score (nSPS) is 12.9. The van der Waals surface area contributed by atoms with Crippen molar-refractivity contribution >= 4 is 11.1 Å². The van der Waals surface area contributed by atoms with Crippen molar-refractivity contribution in [2.75, 3.05) is 0 Å². The van der Waals surface area contributed by atoms with Crippen molar-refractivity contribution in [1.29, 1.82) is 0 Å². The van der Waals surface area contributed by atoms with Gasteiger partial charge in [0.25, 0.3) is 0 Å². The first-order valence-corrected chi connectivity index (χ1v) is 3.60. The first-order valence-electron chi connectivity index (χ1n) is 2.50. The van der Waals surface area contributed by atoms with E-state index >= 15 is 0 Å². The molecule has 1 heterocycles. The number of nitrogens with one attached hydrogen (secondary N) is 1. The van der Waals surface area contributed by atoms with Crippen LogP contribution in [0.1, 0.15) is 0 Å². The van der Waals surface area contributed by atoms with Crippen LogP contribution < -0.4 is 5.43 Å². The first kappa shape index (κ1) is 7.17. The van der Waals surface area contributed by atoms with E-state index in [1.54, 1.807) is 0 Å². The van der Waals surface area contributed by atoms with Gasteiger partial charge in [0.1, 0.15) is 4.90 Å². The van der Waals surface area contributed by atoms with Crippen molar-refractivity contribution in [1.82, 2.24) is 4.98 Å². The van der Waals surface area contributed by atoms with Crippen molar-refractivity contribution in [2.24, 2.45) is 0 Å². The number of hydrogen-bond acceptors (Lipinski definition) is 2. The third-order valence-corrected chi connectivity index (χ3v) is 1.67. The number of aromatic amines is 1. The van der Waals surface area contributed by atoms with Crippen LogP contribution in [0.3, 0.4) is 0 Å². The van der Waals surface area contributed by atoms with E-state index in [9.17, 15) is 9.00 Å². The molecular formula is C5H5NO3S. The zero-order chi connectivity index (χ0) is 7.56. The zero-order valence-corrected chi connectivity index (χ0v) is 5.72. The van der Waals surface area contributed by atoms with Crippen LogP contribution in [0.5, 0.6) is 0 Å². The Hall–Kier alpha value is -0.940. The number of aromatic nitrogens is 1. The average Bonchev–Trinajstić information content (AvgIpc) is 1.88. The molecule has 0 bridgehead atoms. The van der Waals surface area contributed by atoms with Gasteiger partial charge in [-0.3, -0.25) is 4.79 Å². The molecular weight excluding hydrogens is 154 g/mol. The summed E-state index contributed by atoms with van der Waals surface area (Å²) in [5, 5.41) is 0. The summed E-state index contributed by atoms with van der Waals surface area (Å²) in [6, 6.07) is 1.20. The van der Waals surface area contributed by atoms with Crippen LogP contribution in [-0.4, -0.2) is 13.7 Å². The largest absolute Gasteiger partial charge is 0.366 e. The van der Waals surface area contributed by atoms with E-state index in [0.29, 0.717) is 0 Å². The Kier molecular flexibility index (Phi) is 1.98. The number of H-pyrrole nitrogens is 1. The van der Waals surface area contributed by atoms with Gasteiger partial charge in [0.2, 0.25) is 0 Å². The van der Waals surface area contributed by atoms with Crippen LogP contribution >= 0.6 is 0 Å². The minimum absolute atomic E-state index is 0.123. The van der Waals surface area contributed by atoms with Gasteiger partial charge in [0.05, 0.1) is 0 Å². The molecule has 0 aliphatic rings. The molecule has 0 aliphatic heterocycles. The molecule has 1 atom stereocenters. The van der Waals surface area contributed by atoms with Crippen LogP contribution in [-0.2, 0) is 11.1 Å². The molecule has 0 fully saturated rings. The van der Waals surface area contributed by atoms with Crippen LogP contribution in [0.15, 0.2) is 28.2 Å². The van der Waals surface area contributed by atoms with Gasteiger partial charge in [-0.05, 0) is 0 Å². The summed E-state index contributed by atoms with van der Waals surface area (Å²) in [6.45, 7) is 0. The van der Waals surface area contributed by atoms with E-state index in [1.165, 1.54) is 18.5 Å². The van der Waals surface area contributed by atoms with E-state index in [-0.39, 0.29) is 4.90 Å². The number of rotatable bonds is 1. The van der Waals surface area contributed by atoms with Crippen LogP contribution in [0, 0.1) is 0 Å². The van der Waals surface area contributed by atoms with Crippen molar-refractivity contribution in [3.8, 4) is 0 Å². The Labute approximate surface area is 59.2 Å². The molecule has 0 saturated heterocycles. The number of pyridine rings is 1. The minimum Gasteiger partial charge on any atom is -0.366 e. The summed E-state index contributed by atoms with van der Waals surface area (Å²) >= 11 is -2.18. The smallest absolute Gasteiger partial charge is 0.200 e. The molecule has 10 heavy (non-hydrogen) atoms. The summed E-state index contributed by atoms with van der Waals surface area (Å²) in [7, 11) is 0. The van der Waals surface area contributed by atoms with E-state index in [0.717, 1.165) is 0 Å². The maximum Gasteiger partial charge on any atom is 0.200 e. The predicted octanol–water partition coefficient (Wildman–Crippen LogP) is -0.0445. The van der Waals surface area contributed by atoms with Gasteiger partial charge in [0, 0.05) is 18.5 Å². The molecule has 1 aromatic rings. The Morgan fingerprint density at radius 2 is 2.30 bits per heavy atom. The minimum atomic E-state index is -2.18. The average molecular weight is 159 g/mol. The van der Waals surface area contributed by atoms with Gasteiger partial charge in [-0.25, -0.2) is 4.21 Å². The third kappa shape index (κ3) is 1.31. The van der Waals surface area contributed by atoms with E-state index in [1.807, 2.05) is 0 Å². The van der Waals surface area contributed by atoms with Gasteiger partial charge in [-0.15, -0.1) is 0 Å². The molecule has 0 amide bonds. The SMILES string of the molecule is O=c1cc[nH]cc1S(=O)O. The Morgan fingerprint density at radius 3 is 2.70 bits per heavy atom. The maximum atomic E-state index is 10.7. The van der Waals surface area contributed by atoms with Crippen molar-refractivity contribution < 1.29 is 8.76 Å². The quantitative estimate of drug-likeness (QED) is 0.564. The van der Waals surface area contributed by atoms with E-state index < -0.39 is 16.5 Å². The summed E-state index contributed by atoms with van der Waals surface area (Å²) in [4.78, 5) is 13.1. The van der Waals surface area contributed by atoms with Crippen molar-refractivity contribution in [2.45, 2.75) is 4.90 Å². The second-order valence-corrected chi connectivity index (χ2v) is 2.56. The fraction of sp³-hybridized carbons (Fsp3) is 0. The van der Waals surface area contributed by atoms with Crippen LogP contribution in [0.4, 0.5) is 0 Å². The predicted molar refractivity (Wildman–Crippen MR) is 36.1 cm³/mol. The van der Waals surface area contributed by atoms with Crippen LogP contribution in [0.2, 0.25) is 0 Å². The lowest BCUT2D eigenvalue weighted by Gasteiger charge is -1.89. The second kappa shape index (κ2) is 2.76. The zero-order valence-electron chi connectivity index (χ0n) is 4.90. The fourth-order valence-corrected chi connectivity index (χ4v) is 0.946. The molecule has 4 nitrogen and oxygen atoms in total. The lowest BCUT2D eigenvalue weighted by molar-refractivity contribution is 0.563.